The molecule has 5 N–H and O–H groups in total. The van der Waals surface area contributed by atoms with Crippen molar-refractivity contribution in [2.45, 2.75) is 57.9 Å². The van der Waals surface area contributed by atoms with Gasteiger partial charge in [0.2, 0.25) is 5.91 Å². The first-order chi connectivity index (χ1) is 18.2. The molecule has 0 radical (unpaired) electrons. The lowest BCUT2D eigenvalue weighted by atomic mass is 9.92. The summed E-state index contributed by atoms with van der Waals surface area (Å²) < 4.78 is 32.4. The topological polar surface area (TPSA) is 105 Å². The number of carbonyl (C=O) groups excluding carboxylic acids is 2. The van der Waals surface area contributed by atoms with E-state index in [4.69, 9.17) is 10.5 Å². The molecule has 1 heterocycles. The van der Waals surface area contributed by atoms with Gasteiger partial charge in [-0.1, -0.05) is 43.5 Å². The average Bonchev–Trinajstić information content (AvgIpc) is 3.76. The van der Waals surface area contributed by atoms with Crippen molar-refractivity contribution < 1.29 is 23.1 Å². The second-order valence-electron chi connectivity index (χ2n) is 8.36. The van der Waals surface area contributed by atoms with Gasteiger partial charge < -0.3 is 26.4 Å². The number of likely N-dealkylation sites (N-methyl/N-ethyl adjacent to an activating group) is 1. The molecule has 1 aliphatic heterocycles. The molecule has 206 valence electrons. The number of rotatable bonds is 9. The Morgan fingerprint density at radius 1 is 1.32 bits per heavy atom. The third kappa shape index (κ3) is 8.84. The molecule has 2 atom stereocenters. The zero-order valence-corrected chi connectivity index (χ0v) is 23.2. The number of nitrogens with two attached hydrogens (primary N) is 1. The predicted molar refractivity (Wildman–Crippen MR) is 149 cm³/mol. The van der Waals surface area contributed by atoms with E-state index in [-0.39, 0.29) is 23.3 Å². The summed E-state index contributed by atoms with van der Waals surface area (Å²) in [4.78, 5) is 25.9. The summed E-state index contributed by atoms with van der Waals surface area (Å²) in [5.41, 5.74) is 7.30. The number of dihydropyridines is 1. The number of hydrogen-bond donors (Lipinski definition) is 4. The molecule has 38 heavy (non-hydrogen) atoms. The van der Waals surface area contributed by atoms with E-state index >= 15 is 0 Å². The number of carbonyl (C=O) groups is 2. The van der Waals surface area contributed by atoms with Crippen molar-refractivity contribution in [3.05, 3.63) is 64.0 Å². The first-order valence-corrected chi connectivity index (χ1v) is 13.4. The SMILES string of the molecule is CC.CNC(=O)Cc1ccc(C(=O)NC(C)S/C(C#CC2CC2)=C\N)c(C2=CC(C(F)F)NC=C2OC)c1. The van der Waals surface area contributed by atoms with Gasteiger partial charge in [-0.05, 0) is 49.1 Å². The second kappa shape index (κ2) is 15.1. The van der Waals surface area contributed by atoms with Crippen molar-refractivity contribution in [3.8, 4) is 11.8 Å². The van der Waals surface area contributed by atoms with E-state index in [2.05, 4.69) is 27.8 Å². The molecular formula is C28H36F2N4O3S. The van der Waals surface area contributed by atoms with E-state index in [1.807, 2.05) is 20.8 Å². The number of nitrogens with one attached hydrogen (secondary N) is 3. The van der Waals surface area contributed by atoms with Gasteiger partial charge in [0, 0.05) is 36.5 Å². The fraction of sp³-hybridized carbons (Fsp3) is 0.429. The van der Waals surface area contributed by atoms with Crippen molar-refractivity contribution in [2.75, 3.05) is 14.2 Å². The van der Waals surface area contributed by atoms with Crippen molar-refractivity contribution in [2.24, 2.45) is 11.7 Å². The molecule has 1 saturated carbocycles. The van der Waals surface area contributed by atoms with E-state index in [1.165, 1.54) is 44.4 Å². The number of hydrogen-bond acceptors (Lipinski definition) is 6. The number of benzene rings is 1. The van der Waals surface area contributed by atoms with Crippen LogP contribution in [0.3, 0.4) is 0 Å². The van der Waals surface area contributed by atoms with Gasteiger partial charge >= 0.3 is 0 Å². The number of halogens is 2. The van der Waals surface area contributed by atoms with Crippen LogP contribution in [0.1, 0.15) is 55.1 Å². The maximum atomic E-state index is 13.5. The van der Waals surface area contributed by atoms with Gasteiger partial charge in [-0.3, -0.25) is 9.59 Å². The van der Waals surface area contributed by atoms with Crippen LogP contribution < -0.4 is 21.7 Å². The average molecular weight is 547 g/mol. The molecule has 2 unspecified atom stereocenters. The number of thioether (sulfide) groups is 1. The van der Waals surface area contributed by atoms with Crippen LogP contribution in [0.25, 0.3) is 5.57 Å². The van der Waals surface area contributed by atoms with Crippen molar-refractivity contribution in [3.63, 3.8) is 0 Å². The van der Waals surface area contributed by atoms with Gasteiger partial charge in [-0.25, -0.2) is 8.78 Å². The van der Waals surface area contributed by atoms with Crippen LogP contribution in [0.2, 0.25) is 0 Å². The fourth-order valence-corrected chi connectivity index (χ4v) is 4.23. The summed E-state index contributed by atoms with van der Waals surface area (Å²) >= 11 is 1.32. The molecule has 1 fully saturated rings. The molecule has 10 heteroatoms. The van der Waals surface area contributed by atoms with Crippen LogP contribution in [0.15, 0.2) is 47.3 Å². The zero-order valence-electron chi connectivity index (χ0n) is 22.4. The number of ether oxygens (including phenoxy) is 1. The van der Waals surface area contributed by atoms with E-state index in [0.717, 1.165) is 12.8 Å². The second-order valence-corrected chi connectivity index (χ2v) is 9.74. The largest absolute Gasteiger partial charge is 0.495 e. The van der Waals surface area contributed by atoms with E-state index in [1.54, 1.807) is 18.2 Å². The van der Waals surface area contributed by atoms with Gasteiger partial charge in [-0.15, -0.1) is 0 Å². The highest BCUT2D eigenvalue weighted by atomic mass is 32.2. The third-order valence-corrected chi connectivity index (χ3v) is 6.50. The van der Waals surface area contributed by atoms with Gasteiger partial charge in [0.1, 0.15) is 11.8 Å². The van der Waals surface area contributed by atoms with Crippen LogP contribution in [0, 0.1) is 17.8 Å². The van der Waals surface area contributed by atoms with Crippen LogP contribution in [0.5, 0.6) is 0 Å². The van der Waals surface area contributed by atoms with Crippen molar-refractivity contribution in [1.29, 1.82) is 0 Å². The Hall–Kier alpha value is -3.45. The monoisotopic (exact) mass is 546 g/mol. The Morgan fingerprint density at radius 3 is 2.61 bits per heavy atom. The summed E-state index contributed by atoms with van der Waals surface area (Å²) in [6.45, 7) is 5.81. The van der Waals surface area contributed by atoms with Crippen LogP contribution in [-0.4, -0.2) is 43.8 Å². The minimum Gasteiger partial charge on any atom is -0.495 e. The van der Waals surface area contributed by atoms with Gasteiger partial charge in [0.25, 0.3) is 12.3 Å². The molecule has 1 aromatic rings. The lowest BCUT2D eigenvalue weighted by Crippen LogP contribution is -2.34. The van der Waals surface area contributed by atoms with E-state index in [9.17, 15) is 18.4 Å². The lowest BCUT2D eigenvalue weighted by molar-refractivity contribution is -0.119. The molecule has 1 aromatic carbocycles. The van der Waals surface area contributed by atoms with E-state index < -0.39 is 18.4 Å². The zero-order chi connectivity index (χ0) is 28.2. The predicted octanol–water partition coefficient (Wildman–Crippen LogP) is 4.13. The molecule has 7 nitrogen and oxygen atoms in total. The fourth-order valence-electron chi connectivity index (χ4n) is 3.49. The molecular weight excluding hydrogens is 510 g/mol. The Balaban J connectivity index is 0.00000247. The van der Waals surface area contributed by atoms with Crippen molar-refractivity contribution >= 4 is 29.1 Å². The summed E-state index contributed by atoms with van der Waals surface area (Å²) in [5.74, 6) is 6.27. The summed E-state index contributed by atoms with van der Waals surface area (Å²) in [6.07, 6.45) is 3.69. The molecule has 0 bridgehead atoms. The molecule has 2 amide bonds. The Bertz CT molecular complexity index is 1150. The first-order valence-electron chi connectivity index (χ1n) is 12.5. The highest BCUT2D eigenvalue weighted by molar-refractivity contribution is 8.03. The summed E-state index contributed by atoms with van der Waals surface area (Å²) in [6, 6.07) is 3.65. The lowest BCUT2D eigenvalue weighted by Gasteiger charge is -2.24. The Labute approximate surface area is 227 Å². The normalized spacial score (nSPS) is 17.4. The van der Waals surface area contributed by atoms with Gasteiger partial charge in [-0.2, -0.15) is 0 Å². The standard InChI is InChI=1S/C26H30F2N4O3S.C2H6/c1-15(36-18(13-29)8-6-16-4-5-16)32-26(34)19-9-7-17(11-24(33)30-2)10-20(19)21-12-22(25(27)28)31-14-23(21)35-3;1-2/h7,9-10,12-16,22,25,31H,4-5,11,29H2,1-3H3,(H,30,33)(H,32,34);1-2H3/b18-13-;. The number of methoxy groups -OCH3 is 1. The van der Waals surface area contributed by atoms with Crippen LogP contribution in [0.4, 0.5) is 8.78 Å². The smallest absolute Gasteiger partial charge is 0.261 e. The Kier molecular flexibility index (Phi) is 12.2. The molecule has 3 rings (SSSR count). The van der Waals surface area contributed by atoms with Crippen LogP contribution >= 0.6 is 11.8 Å². The molecule has 0 saturated heterocycles. The van der Waals surface area contributed by atoms with Crippen molar-refractivity contribution in [1.82, 2.24) is 16.0 Å². The minimum atomic E-state index is -2.67. The molecule has 0 aromatic heterocycles. The van der Waals surface area contributed by atoms with Crippen LogP contribution in [-0.2, 0) is 16.0 Å². The highest BCUT2D eigenvalue weighted by Crippen LogP contribution is 2.32. The highest BCUT2D eigenvalue weighted by Gasteiger charge is 2.27. The quantitative estimate of drug-likeness (QED) is 0.274. The molecule has 2 aliphatic rings. The minimum absolute atomic E-state index is 0.0673. The van der Waals surface area contributed by atoms with Gasteiger partial charge in [0.05, 0.1) is 23.8 Å². The number of allylic oxidation sites excluding steroid dienone is 2. The number of amides is 2. The first kappa shape index (κ1) is 30.8. The third-order valence-electron chi connectivity index (χ3n) is 5.54. The van der Waals surface area contributed by atoms with E-state index in [0.29, 0.717) is 33.3 Å². The number of alkyl halides is 2. The molecule has 0 spiro atoms. The maximum Gasteiger partial charge on any atom is 0.261 e. The van der Waals surface area contributed by atoms with Gasteiger partial charge in [0.15, 0.2) is 0 Å². The Morgan fingerprint density at radius 2 is 2.03 bits per heavy atom. The summed E-state index contributed by atoms with van der Waals surface area (Å²) in [7, 11) is 2.94. The summed E-state index contributed by atoms with van der Waals surface area (Å²) in [5, 5.41) is 7.69. The maximum absolute atomic E-state index is 13.5. The molecule has 1 aliphatic carbocycles.